The summed E-state index contributed by atoms with van der Waals surface area (Å²) in [5.41, 5.74) is 7.96. The predicted molar refractivity (Wildman–Crippen MR) is 58.0 cm³/mol. The Bertz CT molecular complexity index is 361. The summed E-state index contributed by atoms with van der Waals surface area (Å²) in [6.45, 7) is 1.14. The van der Waals surface area contributed by atoms with Crippen LogP contribution in [0.15, 0.2) is 18.2 Å². The smallest absolute Gasteiger partial charge is 0.399 e. The van der Waals surface area contributed by atoms with E-state index in [-0.39, 0.29) is 6.54 Å². The predicted octanol–water partition coefficient (Wildman–Crippen LogP) is 2.57. The lowest BCUT2D eigenvalue weighted by molar-refractivity contribution is -0.144. The number of alkyl halides is 3. The molecule has 90 valence electrons. The molecular weight excluding hydrogens is 217 g/mol. The number of benzene rings is 1. The summed E-state index contributed by atoms with van der Waals surface area (Å²) >= 11 is 0. The van der Waals surface area contributed by atoms with E-state index in [0.29, 0.717) is 5.69 Å². The number of nitrogens with two attached hydrogens (primary N) is 1. The summed E-state index contributed by atoms with van der Waals surface area (Å²) in [5.74, 6) is 0. The third-order valence-corrected chi connectivity index (χ3v) is 2.38. The van der Waals surface area contributed by atoms with Crippen molar-refractivity contribution >= 4 is 5.69 Å². The number of halogens is 3. The van der Waals surface area contributed by atoms with Crippen LogP contribution in [-0.2, 0) is 6.54 Å². The average molecular weight is 232 g/mol. The SMILES string of the molecule is Cc1c(N)cccc1CN(C)CC(F)(F)F. The molecule has 1 rings (SSSR count). The molecule has 2 N–H and O–H groups in total. The third kappa shape index (κ3) is 3.73. The maximum Gasteiger partial charge on any atom is 0.401 e. The lowest BCUT2D eigenvalue weighted by atomic mass is 10.1. The highest BCUT2D eigenvalue weighted by Gasteiger charge is 2.29. The Balaban J connectivity index is 2.70. The van der Waals surface area contributed by atoms with E-state index in [1.807, 2.05) is 6.92 Å². The van der Waals surface area contributed by atoms with Gasteiger partial charge in [0.1, 0.15) is 0 Å². The number of nitrogen functional groups attached to an aromatic ring is 1. The number of anilines is 1. The quantitative estimate of drug-likeness (QED) is 0.811. The van der Waals surface area contributed by atoms with Crippen molar-refractivity contribution in [2.45, 2.75) is 19.6 Å². The Hall–Kier alpha value is -1.23. The largest absolute Gasteiger partial charge is 0.401 e. The highest BCUT2D eigenvalue weighted by molar-refractivity contribution is 5.49. The molecule has 0 spiro atoms. The number of hydrogen-bond acceptors (Lipinski definition) is 2. The average Bonchev–Trinajstić information content (AvgIpc) is 2.09. The van der Waals surface area contributed by atoms with Gasteiger partial charge >= 0.3 is 6.18 Å². The number of hydrogen-bond donors (Lipinski definition) is 1. The van der Waals surface area contributed by atoms with Crippen molar-refractivity contribution in [1.29, 1.82) is 0 Å². The van der Waals surface area contributed by atoms with Crippen LogP contribution in [0.3, 0.4) is 0 Å². The second-order valence-corrected chi connectivity index (χ2v) is 3.92. The van der Waals surface area contributed by atoms with Crippen molar-refractivity contribution in [3.8, 4) is 0 Å². The fourth-order valence-corrected chi connectivity index (χ4v) is 1.53. The van der Waals surface area contributed by atoms with E-state index >= 15 is 0 Å². The van der Waals surface area contributed by atoms with E-state index in [1.165, 1.54) is 11.9 Å². The van der Waals surface area contributed by atoms with Gasteiger partial charge in [0.05, 0.1) is 6.54 Å². The van der Waals surface area contributed by atoms with Crippen molar-refractivity contribution in [1.82, 2.24) is 4.90 Å². The lowest BCUT2D eigenvalue weighted by Gasteiger charge is -2.20. The maximum atomic E-state index is 12.1. The van der Waals surface area contributed by atoms with Gasteiger partial charge < -0.3 is 5.73 Å². The van der Waals surface area contributed by atoms with Crippen LogP contribution >= 0.6 is 0 Å². The second-order valence-electron chi connectivity index (χ2n) is 3.92. The van der Waals surface area contributed by atoms with E-state index in [2.05, 4.69) is 0 Å². The summed E-state index contributed by atoms with van der Waals surface area (Å²) in [4.78, 5) is 1.22. The summed E-state index contributed by atoms with van der Waals surface area (Å²) in [6.07, 6.45) is -4.16. The molecule has 0 aromatic heterocycles. The highest BCUT2D eigenvalue weighted by atomic mass is 19.4. The van der Waals surface area contributed by atoms with Gasteiger partial charge in [-0.05, 0) is 31.2 Å². The van der Waals surface area contributed by atoms with Crippen LogP contribution in [0, 0.1) is 6.92 Å². The molecule has 0 bridgehead atoms. The van der Waals surface area contributed by atoms with Gasteiger partial charge in [0, 0.05) is 12.2 Å². The first kappa shape index (κ1) is 12.8. The monoisotopic (exact) mass is 232 g/mol. The Kier molecular flexibility index (Phi) is 3.80. The van der Waals surface area contributed by atoms with Crippen molar-refractivity contribution in [2.24, 2.45) is 0 Å². The lowest BCUT2D eigenvalue weighted by Crippen LogP contribution is -2.30. The Morgan fingerprint density at radius 2 is 1.94 bits per heavy atom. The molecule has 0 radical (unpaired) electrons. The molecule has 0 amide bonds. The van der Waals surface area contributed by atoms with Crippen LogP contribution in [0.2, 0.25) is 0 Å². The summed E-state index contributed by atoms with van der Waals surface area (Å²) in [6, 6.07) is 5.28. The molecule has 2 nitrogen and oxygen atoms in total. The van der Waals surface area contributed by atoms with Crippen molar-refractivity contribution in [2.75, 3.05) is 19.3 Å². The molecule has 0 aliphatic carbocycles. The zero-order valence-corrected chi connectivity index (χ0v) is 9.30. The normalized spacial score (nSPS) is 12.1. The van der Waals surface area contributed by atoms with Crippen molar-refractivity contribution < 1.29 is 13.2 Å². The van der Waals surface area contributed by atoms with E-state index in [4.69, 9.17) is 5.73 Å². The van der Waals surface area contributed by atoms with E-state index < -0.39 is 12.7 Å². The Morgan fingerprint density at radius 3 is 2.50 bits per heavy atom. The van der Waals surface area contributed by atoms with Gasteiger partial charge in [-0.15, -0.1) is 0 Å². The van der Waals surface area contributed by atoms with Gasteiger partial charge in [0.15, 0.2) is 0 Å². The van der Waals surface area contributed by atoms with Gasteiger partial charge in [0.2, 0.25) is 0 Å². The van der Waals surface area contributed by atoms with Crippen molar-refractivity contribution in [3.63, 3.8) is 0 Å². The van der Waals surface area contributed by atoms with E-state index in [1.54, 1.807) is 18.2 Å². The molecule has 0 heterocycles. The molecule has 0 unspecified atom stereocenters. The molecule has 0 atom stereocenters. The molecule has 1 aromatic carbocycles. The summed E-state index contributed by atoms with van der Waals surface area (Å²) < 4.78 is 36.4. The molecule has 1 aromatic rings. The molecule has 0 saturated carbocycles. The number of rotatable bonds is 3. The van der Waals surface area contributed by atoms with Gasteiger partial charge in [-0.25, -0.2) is 0 Å². The topological polar surface area (TPSA) is 29.3 Å². The van der Waals surface area contributed by atoms with Crippen LogP contribution in [0.5, 0.6) is 0 Å². The van der Waals surface area contributed by atoms with Gasteiger partial charge in [-0.1, -0.05) is 12.1 Å². The van der Waals surface area contributed by atoms with Gasteiger partial charge in [-0.2, -0.15) is 13.2 Å². The summed E-state index contributed by atoms with van der Waals surface area (Å²) in [5, 5.41) is 0. The zero-order valence-electron chi connectivity index (χ0n) is 9.30. The fraction of sp³-hybridized carbons (Fsp3) is 0.455. The third-order valence-electron chi connectivity index (χ3n) is 2.38. The first-order valence-corrected chi connectivity index (χ1v) is 4.89. The molecule has 0 aliphatic rings. The summed E-state index contributed by atoms with van der Waals surface area (Å²) in [7, 11) is 1.44. The standard InChI is InChI=1S/C11H15F3N2/c1-8-9(4-3-5-10(8)15)6-16(2)7-11(12,13)14/h3-5H,6-7,15H2,1-2H3. The fourth-order valence-electron chi connectivity index (χ4n) is 1.53. The van der Waals surface area contributed by atoms with Gasteiger partial charge in [0.25, 0.3) is 0 Å². The Morgan fingerprint density at radius 1 is 1.31 bits per heavy atom. The van der Waals surface area contributed by atoms with Crippen LogP contribution in [0.4, 0.5) is 18.9 Å². The van der Waals surface area contributed by atoms with Crippen LogP contribution in [-0.4, -0.2) is 24.7 Å². The zero-order chi connectivity index (χ0) is 12.3. The number of nitrogens with zero attached hydrogens (tertiary/aromatic N) is 1. The Labute approximate surface area is 92.9 Å². The second kappa shape index (κ2) is 4.74. The first-order valence-electron chi connectivity index (χ1n) is 4.89. The van der Waals surface area contributed by atoms with Crippen LogP contribution in [0.25, 0.3) is 0 Å². The minimum absolute atomic E-state index is 0.246. The van der Waals surface area contributed by atoms with E-state index in [9.17, 15) is 13.2 Å². The minimum Gasteiger partial charge on any atom is -0.399 e. The van der Waals surface area contributed by atoms with Crippen molar-refractivity contribution in [3.05, 3.63) is 29.3 Å². The molecule has 5 heteroatoms. The first-order chi connectivity index (χ1) is 7.29. The molecule has 16 heavy (non-hydrogen) atoms. The minimum atomic E-state index is -4.16. The molecule has 0 saturated heterocycles. The highest BCUT2D eigenvalue weighted by Crippen LogP contribution is 2.20. The van der Waals surface area contributed by atoms with Crippen LogP contribution in [0.1, 0.15) is 11.1 Å². The van der Waals surface area contributed by atoms with Crippen LogP contribution < -0.4 is 5.73 Å². The molecule has 0 aliphatic heterocycles. The molecule has 0 fully saturated rings. The molecular formula is C11H15F3N2. The maximum absolute atomic E-state index is 12.1. The van der Waals surface area contributed by atoms with E-state index in [0.717, 1.165) is 11.1 Å². The van der Waals surface area contributed by atoms with Gasteiger partial charge in [-0.3, -0.25) is 4.90 Å².